The first kappa shape index (κ1) is 14.3. The lowest BCUT2D eigenvalue weighted by molar-refractivity contribution is -0.165. The number of aliphatic hydroxyl groups is 1. The molecule has 0 aromatic heterocycles. The molecule has 4 rings (SSSR count). The van der Waals surface area contributed by atoms with Gasteiger partial charge in [-0.25, -0.2) is 4.79 Å². The lowest BCUT2D eigenvalue weighted by Crippen LogP contribution is -2.73. The summed E-state index contributed by atoms with van der Waals surface area (Å²) in [6.45, 7) is 2.51. The van der Waals surface area contributed by atoms with Crippen LogP contribution in [0, 0.1) is 5.92 Å². The minimum absolute atomic E-state index is 0.0412. The molecule has 4 atom stereocenters. The van der Waals surface area contributed by atoms with Crippen molar-refractivity contribution in [1.82, 2.24) is 15.1 Å². The van der Waals surface area contributed by atoms with Crippen LogP contribution in [0.15, 0.2) is 11.9 Å². The SMILES string of the molecule is O=C(O)C12CCCCC1CNC1CN3CCCC(O)C3=CN12. The zero-order valence-corrected chi connectivity index (χ0v) is 12.9. The van der Waals surface area contributed by atoms with Crippen LogP contribution in [0.2, 0.25) is 0 Å². The molecule has 1 saturated carbocycles. The van der Waals surface area contributed by atoms with Gasteiger partial charge < -0.3 is 20.0 Å². The fraction of sp³-hybridized carbons (Fsp3) is 0.812. The number of aliphatic carboxylic acids is 1. The number of hydrogen-bond donors (Lipinski definition) is 3. The predicted molar refractivity (Wildman–Crippen MR) is 80.9 cm³/mol. The Morgan fingerprint density at radius 3 is 3.00 bits per heavy atom. The first-order valence-corrected chi connectivity index (χ1v) is 8.53. The van der Waals surface area contributed by atoms with Crippen molar-refractivity contribution in [1.29, 1.82) is 0 Å². The Morgan fingerprint density at radius 2 is 2.18 bits per heavy atom. The van der Waals surface area contributed by atoms with E-state index in [0.717, 1.165) is 57.4 Å². The minimum Gasteiger partial charge on any atom is -0.479 e. The fourth-order valence-electron chi connectivity index (χ4n) is 4.92. The fourth-order valence-corrected chi connectivity index (χ4v) is 4.92. The molecule has 2 saturated heterocycles. The molecular formula is C16H25N3O3. The molecule has 3 heterocycles. The molecule has 0 spiro atoms. The molecule has 0 radical (unpaired) electrons. The number of carbonyl (C=O) groups is 1. The smallest absolute Gasteiger partial charge is 0.329 e. The highest BCUT2D eigenvalue weighted by atomic mass is 16.4. The number of carboxylic acids is 1. The highest BCUT2D eigenvalue weighted by Crippen LogP contribution is 2.44. The second-order valence-corrected chi connectivity index (χ2v) is 7.16. The molecular weight excluding hydrogens is 282 g/mol. The van der Waals surface area contributed by atoms with Gasteiger partial charge in [0, 0.05) is 25.2 Å². The molecule has 0 aromatic carbocycles. The second-order valence-electron chi connectivity index (χ2n) is 7.16. The van der Waals surface area contributed by atoms with E-state index in [9.17, 15) is 15.0 Å². The Hall–Kier alpha value is -1.27. The number of nitrogens with zero attached hydrogens (tertiary/aromatic N) is 2. The van der Waals surface area contributed by atoms with Crippen molar-refractivity contribution < 1.29 is 15.0 Å². The lowest BCUT2D eigenvalue weighted by Gasteiger charge is -2.58. The van der Waals surface area contributed by atoms with Gasteiger partial charge in [0.25, 0.3) is 0 Å². The van der Waals surface area contributed by atoms with Crippen LogP contribution in [0.3, 0.4) is 0 Å². The van der Waals surface area contributed by atoms with Crippen molar-refractivity contribution >= 4 is 5.97 Å². The van der Waals surface area contributed by atoms with Gasteiger partial charge in [0.05, 0.1) is 24.5 Å². The van der Waals surface area contributed by atoms with Gasteiger partial charge in [-0.3, -0.25) is 5.32 Å². The maximum Gasteiger partial charge on any atom is 0.329 e. The molecule has 3 aliphatic heterocycles. The summed E-state index contributed by atoms with van der Waals surface area (Å²) in [5.74, 6) is -0.543. The van der Waals surface area contributed by atoms with Crippen LogP contribution in [0.5, 0.6) is 0 Å². The van der Waals surface area contributed by atoms with E-state index in [2.05, 4.69) is 10.2 Å². The normalized spacial score (nSPS) is 41.1. The van der Waals surface area contributed by atoms with E-state index in [1.54, 1.807) is 0 Å². The van der Waals surface area contributed by atoms with E-state index in [4.69, 9.17) is 0 Å². The number of piperidine rings is 1. The van der Waals surface area contributed by atoms with Crippen molar-refractivity contribution in [3.63, 3.8) is 0 Å². The van der Waals surface area contributed by atoms with Gasteiger partial charge in [-0.15, -0.1) is 0 Å². The minimum atomic E-state index is -0.787. The maximum atomic E-state index is 12.2. The average molecular weight is 307 g/mol. The van der Waals surface area contributed by atoms with E-state index < -0.39 is 17.6 Å². The van der Waals surface area contributed by atoms with Gasteiger partial charge >= 0.3 is 5.97 Å². The molecule has 6 nitrogen and oxygen atoms in total. The zero-order chi connectivity index (χ0) is 15.3. The molecule has 22 heavy (non-hydrogen) atoms. The largest absolute Gasteiger partial charge is 0.479 e. The number of aliphatic hydroxyl groups excluding tert-OH is 1. The molecule has 6 heteroatoms. The van der Waals surface area contributed by atoms with E-state index in [-0.39, 0.29) is 12.1 Å². The van der Waals surface area contributed by atoms with Crippen molar-refractivity contribution in [3.05, 3.63) is 11.9 Å². The third-order valence-corrected chi connectivity index (χ3v) is 6.08. The number of nitrogens with one attached hydrogen (secondary N) is 1. The Bertz CT molecular complexity index is 509. The highest BCUT2D eigenvalue weighted by molar-refractivity contribution is 5.80. The van der Waals surface area contributed by atoms with Crippen molar-refractivity contribution in [2.45, 2.75) is 56.3 Å². The quantitative estimate of drug-likeness (QED) is 0.656. The van der Waals surface area contributed by atoms with Gasteiger partial charge in [-0.2, -0.15) is 0 Å². The Morgan fingerprint density at radius 1 is 1.32 bits per heavy atom. The summed E-state index contributed by atoms with van der Waals surface area (Å²) in [6, 6.07) is 0. The van der Waals surface area contributed by atoms with Crippen molar-refractivity contribution in [2.24, 2.45) is 5.92 Å². The van der Waals surface area contributed by atoms with Crippen LogP contribution in [-0.4, -0.2) is 63.4 Å². The summed E-state index contributed by atoms with van der Waals surface area (Å²) in [7, 11) is 0. The predicted octanol–water partition coefficient (Wildman–Crippen LogP) is 0.543. The number of fused-ring (bicyclic) bond motifs is 4. The van der Waals surface area contributed by atoms with Gasteiger partial charge in [0.1, 0.15) is 5.54 Å². The molecule has 0 amide bonds. The van der Waals surface area contributed by atoms with E-state index in [1.165, 1.54) is 0 Å². The molecule has 122 valence electrons. The van der Waals surface area contributed by atoms with Crippen molar-refractivity contribution in [2.75, 3.05) is 19.6 Å². The average Bonchev–Trinajstić information content (AvgIpc) is 2.53. The maximum absolute atomic E-state index is 12.2. The molecule has 1 aliphatic carbocycles. The van der Waals surface area contributed by atoms with Crippen LogP contribution in [0.4, 0.5) is 0 Å². The van der Waals surface area contributed by atoms with Crippen LogP contribution in [-0.2, 0) is 4.79 Å². The Kier molecular flexibility index (Phi) is 3.34. The van der Waals surface area contributed by atoms with E-state index in [0.29, 0.717) is 6.42 Å². The first-order valence-electron chi connectivity index (χ1n) is 8.53. The summed E-state index contributed by atoms with van der Waals surface area (Å²) >= 11 is 0. The standard InChI is InChI=1S/C16H25N3O3/c20-13-5-3-7-18-10-14-17-8-11-4-1-2-6-16(11,15(21)22)19(14)9-12(13)18/h9,11,13-14,17,20H,1-8,10H2,(H,21,22). The Labute approximate surface area is 130 Å². The highest BCUT2D eigenvalue weighted by Gasteiger charge is 2.56. The van der Waals surface area contributed by atoms with Crippen molar-refractivity contribution in [3.8, 4) is 0 Å². The summed E-state index contributed by atoms with van der Waals surface area (Å²) in [5, 5.41) is 23.9. The summed E-state index contributed by atoms with van der Waals surface area (Å²) in [6.07, 6.45) is 7.09. The summed E-state index contributed by atoms with van der Waals surface area (Å²) in [4.78, 5) is 16.5. The number of rotatable bonds is 1. The van der Waals surface area contributed by atoms with Gasteiger partial charge in [-0.05, 0) is 25.7 Å². The van der Waals surface area contributed by atoms with Gasteiger partial charge in [0.15, 0.2) is 0 Å². The molecule has 0 aromatic rings. The van der Waals surface area contributed by atoms with Crippen LogP contribution in [0.1, 0.15) is 38.5 Å². The first-order chi connectivity index (χ1) is 10.6. The van der Waals surface area contributed by atoms with Gasteiger partial charge in [0.2, 0.25) is 0 Å². The third kappa shape index (κ3) is 1.90. The van der Waals surface area contributed by atoms with Gasteiger partial charge in [-0.1, -0.05) is 12.8 Å². The second kappa shape index (κ2) is 5.13. The summed E-state index contributed by atoms with van der Waals surface area (Å²) in [5.41, 5.74) is 0.126. The van der Waals surface area contributed by atoms with Crippen LogP contribution >= 0.6 is 0 Å². The molecule has 4 unspecified atom stereocenters. The molecule has 4 aliphatic rings. The third-order valence-electron chi connectivity index (χ3n) is 6.08. The number of hydrogen-bond acceptors (Lipinski definition) is 5. The molecule has 0 bridgehead atoms. The van der Waals surface area contributed by atoms with Crippen LogP contribution < -0.4 is 5.32 Å². The topological polar surface area (TPSA) is 76.0 Å². The van der Waals surface area contributed by atoms with E-state index in [1.807, 2.05) is 11.1 Å². The van der Waals surface area contributed by atoms with E-state index >= 15 is 0 Å². The monoisotopic (exact) mass is 307 g/mol. The Balaban J connectivity index is 1.76. The molecule has 3 N–H and O–H groups in total. The molecule has 3 fully saturated rings. The number of carboxylic acid groups (broad SMARTS) is 1. The summed E-state index contributed by atoms with van der Waals surface area (Å²) < 4.78 is 0. The lowest BCUT2D eigenvalue weighted by atomic mass is 9.69. The zero-order valence-electron chi connectivity index (χ0n) is 12.9. The van der Waals surface area contributed by atoms with Crippen LogP contribution in [0.25, 0.3) is 0 Å².